The van der Waals surface area contributed by atoms with E-state index in [-0.39, 0.29) is 0 Å². The number of hydrogen-bond acceptors (Lipinski definition) is 4. The van der Waals surface area contributed by atoms with Gasteiger partial charge in [-0.3, -0.25) is 0 Å². The third-order valence-electron chi connectivity index (χ3n) is 3.07. The number of piperazine rings is 1. The third kappa shape index (κ3) is 1.63. The molecule has 0 N–H and O–H groups in total. The van der Waals surface area contributed by atoms with Gasteiger partial charge in [-0.25, -0.2) is 9.50 Å². The van der Waals surface area contributed by atoms with E-state index in [9.17, 15) is 0 Å². The first-order valence-electron chi connectivity index (χ1n) is 5.57. The molecule has 0 saturated carbocycles. The van der Waals surface area contributed by atoms with Crippen LogP contribution >= 0.6 is 0 Å². The van der Waals surface area contributed by atoms with Crippen molar-refractivity contribution in [1.82, 2.24) is 19.5 Å². The number of rotatable bonds is 1. The minimum absolute atomic E-state index is 0.913. The van der Waals surface area contributed by atoms with E-state index in [0.29, 0.717) is 0 Å². The van der Waals surface area contributed by atoms with Crippen molar-refractivity contribution >= 4 is 11.5 Å². The smallest absolute Gasteiger partial charge is 0.157 e. The van der Waals surface area contributed by atoms with Crippen LogP contribution in [0.5, 0.6) is 0 Å². The van der Waals surface area contributed by atoms with E-state index in [0.717, 1.165) is 37.6 Å². The maximum absolute atomic E-state index is 4.59. The predicted octanol–water partition coefficient (Wildman–Crippen LogP) is 0.481. The molecule has 1 aliphatic heterocycles. The van der Waals surface area contributed by atoms with Gasteiger partial charge in [-0.2, -0.15) is 5.10 Å². The van der Waals surface area contributed by atoms with Crippen LogP contribution in [0.4, 0.5) is 5.82 Å². The molecule has 1 fully saturated rings. The predicted molar refractivity (Wildman–Crippen MR) is 62.7 cm³/mol. The molecule has 5 nitrogen and oxygen atoms in total. The SMILES string of the molecule is CN1CCN(c2ccn3nccc3n2)CC1. The van der Waals surface area contributed by atoms with Crippen molar-refractivity contribution in [2.45, 2.75) is 0 Å². The van der Waals surface area contributed by atoms with Crippen molar-refractivity contribution in [3.05, 3.63) is 24.5 Å². The zero-order valence-electron chi connectivity index (χ0n) is 9.37. The molecule has 0 radical (unpaired) electrons. The molecule has 0 amide bonds. The molecule has 0 bridgehead atoms. The van der Waals surface area contributed by atoms with Crippen molar-refractivity contribution in [2.24, 2.45) is 0 Å². The minimum Gasteiger partial charge on any atom is -0.354 e. The summed E-state index contributed by atoms with van der Waals surface area (Å²) in [6, 6.07) is 3.96. The Balaban J connectivity index is 1.87. The highest BCUT2D eigenvalue weighted by Crippen LogP contribution is 2.13. The molecule has 5 heteroatoms. The number of fused-ring (bicyclic) bond motifs is 1. The zero-order chi connectivity index (χ0) is 11.0. The first kappa shape index (κ1) is 9.59. The fraction of sp³-hybridized carbons (Fsp3) is 0.455. The van der Waals surface area contributed by atoms with E-state index in [1.54, 1.807) is 10.7 Å². The van der Waals surface area contributed by atoms with Gasteiger partial charge in [0.15, 0.2) is 5.65 Å². The van der Waals surface area contributed by atoms with Crippen molar-refractivity contribution in [3.8, 4) is 0 Å². The average molecular weight is 217 g/mol. The first-order chi connectivity index (χ1) is 7.83. The topological polar surface area (TPSA) is 36.7 Å². The lowest BCUT2D eigenvalue weighted by Crippen LogP contribution is -2.44. The summed E-state index contributed by atoms with van der Waals surface area (Å²) in [5.41, 5.74) is 0.913. The van der Waals surface area contributed by atoms with Crippen LogP contribution in [-0.4, -0.2) is 52.7 Å². The minimum atomic E-state index is 0.913. The van der Waals surface area contributed by atoms with Crippen molar-refractivity contribution < 1.29 is 0 Å². The second-order valence-electron chi connectivity index (χ2n) is 4.21. The van der Waals surface area contributed by atoms with E-state index in [1.807, 2.05) is 18.3 Å². The van der Waals surface area contributed by atoms with Gasteiger partial charge in [0.05, 0.1) is 6.20 Å². The molecule has 16 heavy (non-hydrogen) atoms. The fourth-order valence-electron chi connectivity index (χ4n) is 2.01. The van der Waals surface area contributed by atoms with Gasteiger partial charge in [-0.15, -0.1) is 0 Å². The molecule has 3 rings (SSSR count). The molecule has 0 spiro atoms. The number of anilines is 1. The second kappa shape index (κ2) is 3.75. The maximum Gasteiger partial charge on any atom is 0.157 e. The summed E-state index contributed by atoms with van der Waals surface area (Å²) in [5.74, 6) is 1.06. The van der Waals surface area contributed by atoms with Crippen LogP contribution in [-0.2, 0) is 0 Å². The highest BCUT2D eigenvalue weighted by molar-refractivity contribution is 5.47. The first-order valence-corrected chi connectivity index (χ1v) is 5.57. The van der Waals surface area contributed by atoms with E-state index in [4.69, 9.17) is 0 Å². The van der Waals surface area contributed by atoms with Gasteiger partial charge in [0, 0.05) is 38.4 Å². The van der Waals surface area contributed by atoms with Crippen molar-refractivity contribution in [2.75, 3.05) is 38.1 Å². The van der Waals surface area contributed by atoms with Crippen LogP contribution < -0.4 is 4.90 Å². The molecule has 0 aromatic carbocycles. The molecule has 0 aliphatic carbocycles. The lowest BCUT2D eigenvalue weighted by molar-refractivity contribution is 0.312. The Kier molecular flexibility index (Phi) is 2.25. The lowest BCUT2D eigenvalue weighted by atomic mass is 10.3. The quantitative estimate of drug-likeness (QED) is 0.696. The second-order valence-corrected chi connectivity index (χ2v) is 4.21. The van der Waals surface area contributed by atoms with Gasteiger partial charge in [-0.05, 0) is 13.1 Å². The summed E-state index contributed by atoms with van der Waals surface area (Å²) in [6.45, 7) is 4.31. The van der Waals surface area contributed by atoms with E-state index < -0.39 is 0 Å². The molecule has 3 heterocycles. The van der Waals surface area contributed by atoms with Crippen LogP contribution in [0.2, 0.25) is 0 Å². The van der Waals surface area contributed by atoms with Crippen LogP contribution in [0.25, 0.3) is 5.65 Å². The number of nitrogens with zero attached hydrogens (tertiary/aromatic N) is 5. The molecule has 1 saturated heterocycles. The summed E-state index contributed by atoms with van der Waals surface area (Å²) in [5, 5.41) is 4.14. The van der Waals surface area contributed by atoms with Crippen LogP contribution in [0, 0.1) is 0 Å². The van der Waals surface area contributed by atoms with Gasteiger partial charge >= 0.3 is 0 Å². The Hall–Kier alpha value is -1.62. The Labute approximate surface area is 94.3 Å². The Morgan fingerprint density at radius 3 is 2.75 bits per heavy atom. The number of hydrogen-bond donors (Lipinski definition) is 0. The standard InChI is InChI=1S/C11H15N5/c1-14-6-8-15(9-7-14)10-3-5-16-11(13-10)2-4-12-16/h2-5H,6-9H2,1H3. The maximum atomic E-state index is 4.59. The summed E-state index contributed by atoms with van der Waals surface area (Å²) < 4.78 is 1.79. The van der Waals surface area contributed by atoms with E-state index in [2.05, 4.69) is 26.9 Å². The highest BCUT2D eigenvalue weighted by Gasteiger charge is 2.15. The number of aromatic nitrogens is 3. The van der Waals surface area contributed by atoms with Gasteiger partial charge in [-0.1, -0.05) is 0 Å². The van der Waals surface area contributed by atoms with Crippen LogP contribution in [0.3, 0.4) is 0 Å². The largest absolute Gasteiger partial charge is 0.354 e. The van der Waals surface area contributed by atoms with Gasteiger partial charge in [0.1, 0.15) is 5.82 Å². The average Bonchev–Trinajstić information content (AvgIpc) is 2.77. The monoisotopic (exact) mass is 217 g/mol. The fourth-order valence-corrected chi connectivity index (χ4v) is 2.01. The molecular formula is C11H15N5. The van der Waals surface area contributed by atoms with E-state index >= 15 is 0 Å². The van der Waals surface area contributed by atoms with Crippen molar-refractivity contribution in [3.63, 3.8) is 0 Å². The summed E-state index contributed by atoms with van der Waals surface area (Å²) in [6.07, 6.45) is 3.74. The Bertz CT molecular complexity index is 484. The molecule has 0 unspecified atom stereocenters. The Morgan fingerprint density at radius 2 is 1.94 bits per heavy atom. The summed E-state index contributed by atoms with van der Waals surface area (Å²) >= 11 is 0. The Morgan fingerprint density at radius 1 is 1.12 bits per heavy atom. The lowest BCUT2D eigenvalue weighted by Gasteiger charge is -2.33. The molecule has 2 aromatic heterocycles. The molecule has 1 aliphatic rings. The van der Waals surface area contributed by atoms with Crippen LogP contribution in [0.15, 0.2) is 24.5 Å². The zero-order valence-corrected chi connectivity index (χ0v) is 9.37. The summed E-state index contributed by atoms with van der Waals surface area (Å²) in [7, 11) is 2.16. The highest BCUT2D eigenvalue weighted by atomic mass is 15.3. The van der Waals surface area contributed by atoms with E-state index in [1.165, 1.54) is 0 Å². The van der Waals surface area contributed by atoms with Gasteiger partial charge in [0.25, 0.3) is 0 Å². The third-order valence-corrected chi connectivity index (χ3v) is 3.07. The van der Waals surface area contributed by atoms with Crippen LogP contribution in [0.1, 0.15) is 0 Å². The molecule has 2 aromatic rings. The number of likely N-dealkylation sites (N-methyl/N-ethyl adjacent to an activating group) is 1. The molecule has 84 valence electrons. The molecular weight excluding hydrogens is 202 g/mol. The summed E-state index contributed by atoms with van der Waals surface area (Å²) in [4.78, 5) is 9.26. The van der Waals surface area contributed by atoms with Gasteiger partial charge < -0.3 is 9.80 Å². The molecule has 0 atom stereocenters. The van der Waals surface area contributed by atoms with Gasteiger partial charge in [0.2, 0.25) is 0 Å². The normalized spacial score (nSPS) is 18.2. The van der Waals surface area contributed by atoms with Crippen molar-refractivity contribution in [1.29, 1.82) is 0 Å².